The van der Waals surface area contributed by atoms with Gasteiger partial charge in [-0.2, -0.15) is 0 Å². The summed E-state index contributed by atoms with van der Waals surface area (Å²) in [6.07, 6.45) is 0. The number of hydrogen-bond acceptors (Lipinski definition) is 4. The molecule has 0 aliphatic carbocycles. The first-order valence-electron chi connectivity index (χ1n) is 10.00. The fourth-order valence-electron chi connectivity index (χ4n) is 3.38. The second kappa shape index (κ2) is 9.83. The van der Waals surface area contributed by atoms with E-state index in [0.29, 0.717) is 18.2 Å². The summed E-state index contributed by atoms with van der Waals surface area (Å²) in [5.74, 6) is 0.496. The molecule has 6 heteroatoms. The Kier molecular flexibility index (Phi) is 6.72. The summed E-state index contributed by atoms with van der Waals surface area (Å²) < 4.78 is 24.5. The average molecular weight is 427 g/mol. The van der Waals surface area contributed by atoms with Crippen molar-refractivity contribution in [3.05, 3.63) is 88.7 Å². The van der Waals surface area contributed by atoms with Gasteiger partial charge in [0, 0.05) is 41.6 Å². The minimum absolute atomic E-state index is 0.255. The van der Waals surface area contributed by atoms with Crippen LogP contribution in [0, 0.1) is 5.82 Å². The zero-order chi connectivity index (χ0) is 20.8. The maximum Gasteiger partial charge on any atom is 0.124 e. The van der Waals surface area contributed by atoms with Crippen LogP contribution in [0.3, 0.4) is 0 Å². The van der Waals surface area contributed by atoms with Crippen LogP contribution in [0.1, 0.15) is 11.1 Å². The molecule has 0 amide bonds. The Morgan fingerprint density at radius 1 is 0.967 bits per heavy atom. The Balaban J connectivity index is 1.38. The van der Waals surface area contributed by atoms with E-state index in [1.165, 1.54) is 17.8 Å². The van der Waals surface area contributed by atoms with E-state index in [1.807, 2.05) is 18.2 Å². The fourth-order valence-corrected chi connectivity index (χ4v) is 3.57. The van der Waals surface area contributed by atoms with Crippen molar-refractivity contribution in [2.75, 3.05) is 36.5 Å². The van der Waals surface area contributed by atoms with Gasteiger partial charge >= 0.3 is 0 Å². The van der Waals surface area contributed by atoms with Crippen LogP contribution < -0.4 is 15.0 Å². The lowest BCUT2D eigenvalue weighted by molar-refractivity contribution is 0.122. The zero-order valence-electron chi connectivity index (χ0n) is 16.6. The molecule has 3 aromatic rings. The maximum absolute atomic E-state index is 13.1. The molecule has 0 spiro atoms. The summed E-state index contributed by atoms with van der Waals surface area (Å²) >= 11 is 6.20. The number of nitrogens with one attached hydrogen (secondary N) is 1. The Bertz CT molecular complexity index is 958. The number of benzene rings is 3. The first-order chi connectivity index (χ1) is 14.7. The van der Waals surface area contributed by atoms with Crippen molar-refractivity contribution in [2.45, 2.75) is 13.2 Å². The number of morpholine rings is 1. The van der Waals surface area contributed by atoms with Gasteiger partial charge in [0.25, 0.3) is 0 Å². The summed E-state index contributed by atoms with van der Waals surface area (Å²) in [6.45, 7) is 4.33. The third kappa shape index (κ3) is 5.43. The van der Waals surface area contributed by atoms with Gasteiger partial charge in [0.15, 0.2) is 0 Å². The van der Waals surface area contributed by atoms with Crippen LogP contribution in [0.4, 0.5) is 15.8 Å². The van der Waals surface area contributed by atoms with Crippen molar-refractivity contribution in [1.82, 2.24) is 0 Å². The number of ether oxygens (including phenoxy) is 2. The lowest BCUT2D eigenvalue weighted by Gasteiger charge is -2.29. The Hall–Kier alpha value is -2.76. The molecule has 1 saturated heterocycles. The van der Waals surface area contributed by atoms with E-state index in [1.54, 1.807) is 12.1 Å². The van der Waals surface area contributed by atoms with E-state index < -0.39 is 0 Å². The summed E-state index contributed by atoms with van der Waals surface area (Å²) in [5.41, 5.74) is 4.09. The van der Waals surface area contributed by atoms with Crippen molar-refractivity contribution in [1.29, 1.82) is 0 Å². The highest BCUT2D eigenvalue weighted by Gasteiger charge is 2.11. The lowest BCUT2D eigenvalue weighted by atomic mass is 10.2. The Morgan fingerprint density at radius 2 is 1.70 bits per heavy atom. The van der Waals surface area contributed by atoms with Crippen molar-refractivity contribution in [3.63, 3.8) is 0 Å². The van der Waals surface area contributed by atoms with E-state index in [-0.39, 0.29) is 5.82 Å². The third-order valence-corrected chi connectivity index (χ3v) is 5.29. The molecular weight excluding hydrogens is 403 g/mol. The predicted molar refractivity (Wildman–Crippen MR) is 119 cm³/mol. The van der Waals surface area contributed by atoms with Gasteiger partial charge in [-0.25, -0.2) is 4.39 Å². The molecule has 30 heavy (non-hydrogen) atoms. The number of hydrogen-bond donors (Lipinski definition) is 1. The van der Waals surface area contributed by atoms with E-state index in [2.05, 4.69) is 34.5 Å². The molecule has 0 bridgehead atoms. The molecule has 0 radical (unpaired) electrons. The Morgan fingerprint density at radius 3 is 2.43 bits per heavy atom. The smallest absolute Gasteiger partial charge is 0.124 e. The standard InChI is InChI=1S/C24H24ClFN2O2/c25-20-3-10-24(30-17-18-1-4-21(26)5-2-18)19(15-20)16-27-22-6-8-23(9-7-22)28-11-13-29-14-12-28/h1-10,15,27H,11-14,16-17H2. The first-order valence-corrected chi connectivity index (χ1v) is 10.4. The van der Waals surface area contributed by atoms with Crippen molar-refractivity contribution in [3.8, 4) is 5.75 Å². The molecule has 1 aliphatic rings. The molecular formula is C24H24ClFN2O2. The highest BCUT2D eigenvalue weighted by atomic mass is 35.5. The molecule has 1 fully saturated rings. The van der Waals surface area contributed by atoms with Gasteiger partial charge < -0.3 is 19.7 Å². The van der Waals surface area contributed by atoms with Gasteiger partial charge in [-0.05, 0) is 60.2 Å². The number of anilines is 2. The van der Waals surface area contributed by atoms with Gasteiger partial charge in [-0.15, -0.1) is 0 Å². The molecule has 4 nitrogen and oxygen atoms in total. The van der Waals surface area contributed by atoms with Crippen LogP contribution in [0.2, 0.25) is 5.02 Å². The van der Waals surface area contributed by atoms with Gasteiger partial charge in [-0.1, -0.05) is 23.7 Å². The summed E-state index contributed by atoms with van der Waals surface area (Å²) in [4.78, 5) is 2.33. The van der Waals surface area contributed by atoms with Crippen molar-refractivity contribution < 1.29 is 13.9 Å². The molecule has 156 valence electrons. The number of rotatable bonds is 7. The van der Waals surface area contributed by atoms with Crippen LogP contribution in [-0.4, -0.2) is 26.3 Å². The van der Waals surface area contributed by atoms with Crippen LogP contribution in [0.15, 0.2) is 66.7 Å². The highest BCUT2D eigenvalue weighted by Crippen LogP contribution is 2.26. The first kappa shape index (κ1) is 20.5. The highest BCUT2D eigenvalue weighted by molar-refractivity contribution is 6.30. The second-order valence-corrected chi connectivity index (χ2v) is 7.60. The SMILES string of the molecule is Fc1ccc(COc2ccc(Cl)cc2CNc2ccc(N3CCOCC3)cc2)cc1. The monoisotopic (exact) mass is 426 g/mol. The largest absolute Gasteiger partial charge is 0.489 e. The molecule has 0 aromatic heterocycles. The second-order valence-electron chi connectivity index (χ2n) is 7.17. The molecule has 1 N–H and O–H groups in total. The fraction of sp³-hybridized carbons (Fsp3) is 0.250. The van der Waals surface area contributed by atoms with Crippen LogP contribution in [-0.2, 0) is 17.9 Å². The van der Waals surface area contributed by atoms with Gasteiger partial charge in [0.05, 0.1) is 13.2 Å². The van der Waals surface area contributed by atoms with Gasteiger partial charge in [-0.3, -0.25) is 0 Å². The van der Waals surface area contributed by atoms with E-state index >= 15 is 0 Å². The van der Waals surface area contributed by atoms with Crippen LogP contribution in [0.5, 0.6) is 5.75 Å². The normalized spacial score (nSPS) is 13.9. The van der Waals surface area contributed by atoms with Crippen LogP contribution in [0.25, 0.3) is 0 Å². The molecule has 1 aliphatic heterocycles. The van der Waals surface area contributed by atoms with Gasteiger partial charge in [0.2, 0.25) is 0 Å². The third-order valence-electron chi connectivity index (χ3n) is 5.06. The minimum atomic E-state index is -0.255. The molecule has 0 atom stereocenters. The van der Waals surface area contributed by atoms with Crippen LogP contribution >= 0.6 is 11.6 Å². The summed E-state index contributed by atoms with van der Waals surface area (Å²) in [7, 11) is 0. The van der Waals surface area contributed by atoms with Crippen molar-refractivity contribution >= 4 is 23.0 Å². The topological polar surface area (TPSA) is 33.7 Å². The number of nitrogens with zero attached hydrogens (tertiary/aromatic N) is 1. The zero-order valence-corrected chi connectivity index (χ0v) is 17.4. The molecule has 4 rings (SSSR count). The lowest BCUT2D eigenvalue weighted by Crippen LogP contribution is -2.36. The minimum Gasteiger partial charge on any atom is -0.489 e. The molecule has 1 heterocycles. The average Bonchev–Trinajstić information content (AvgIpc) is 2.79. The number of halogens is 2. The van der Waals surface area contributed by atoms with E-state index in [0.717, 1.165) is 48.9 Å². The van der Waals surface area contributed by atoms with Crippen molar-refractivity contribution in [2.24, 2.45) is 0 Å². The van der Waals surface area contributed by atoms with E-state index in [9.17, 15) is 4.39 Å². The summed E-state index contributed by atoms with van der Waals surface area (Å²) in [5, 5.41) is 4.09. The summed E-state index contributed by atoms with van der Waals surface area (Å²) in [6, 6.07) is 20.3. The maximum atomic E-state index is 13.1. The molecule has 0 unspecified atom stereocenters. The Labute approximate surface area is 181 Å². The van der Waals surface area contributed by atoms with Gasteiger partial charge in [0.1, 0.15) is 18.2 Å². The molecule has 0 saturated carbocycles. The van der Waals surface area contributed by atoms with E-state index in [4.69, 9.17) is 21.1 Å². The predicted octanol–water partition coefficient (Wildman–Crippen LogP) is 5.51. The molecule has 3 aromatic carbocycles. The quantitative estimate of drug-likeness (QED) is 0.540.